The summed E-state index contributed by atoms with van der Waals surface area (Å²) in [6.07, 6.45) is 1.51. The van der Waals surface area contributed by atoms with Crippen molar-refractivity contribution in [3.05, 3.63) is 35.9 Å². The first kappa shape index (κ1) is 19.4. The molecule has 0 radical (unpaired) electrons. The molecular weight excluding hydrogens is 342 g/mol. The van der Waals surface area contributed by atoms with Crippen molar-refractivity contribution in [2.24, 2.45) is 0 Å². The van der Waals surface area contributed by atoms with E-state index in [2.05, 4.69) is 10.6 Å². The zero-order chi connectivity index (χ0) is 18.5. The van der Waals surface area contributed by atoms with E-state index in [1.807, 2.05) is 30.3 Å². The Morgan fingerprint density at radius 2 is 1.80 bits per heavy atom. The first-order chi connectivity index (χ1) is 11.8. The summed E-state index contributed by atoms with van der Waals surface area (Å²) in [6.45, 7) is 1.13. The van der Waals surface area contributed by atoms with Crippen LogP contribution in [0.3, 0.4) is 0 Å². The van der Waals surface area contributed by atoms with E-state index >= 15 is 0 Å². The fourth-order valence-corrected chi connectivity index (χ4v) is 4.35. The van der Waals surface area contributed by atoms with Crippen LogP contribution in [0.4, 0.5) is 0 Å². The van der Waals surface area contributed by atoms with E-state index < -0.39 is 20.5 Å². The van der Waals surface area contributed by atoms with E-state index in [-0.39, 0.29) is 25.3 Å². The lowest BCUT2D eigenvalue weighted by Crippen LogP contribution is -2.58. The number of sulfone groups is 1. The predicted octanol–water partition coefficient (Wildman–Crippen LogP) is -0.0720. The van der Waals surface area contributed by atoms with E-state index in [9.17, 15) is 18.0 Å². The fourth-order valence-electron chi connectivity index (χ4n) is 2.99. The molecule has 0 aromatic heterocycles. The first-order valence-electron chi connectivity index (χ1n) is 8.23. The maximum atomic E-state index is 12.6. The average Bonchev–Trinajstić information content (AvgIpc) is 2.59. The highest BCUT2D eigenvalue weighted by Crippen LogP contribution is 2.27. The Kier molecular flexibility index (Phi) is 6.18. The van der Waals surface area contributed by atoms with Crippen LogP contribution in [0.1, 0.15) is 18.4 Å². The molecule has 1 saturated heterocycles. The summed E-state index contributed by atoms with van der Waals surface area (Å²) < 4.78 is 22.9. The first-order valence-corrected chi connectivity index (χ1v) is 10.1. The van der Waals surface area contributed by atoms with Gasteiger partial charge in [0.1, 0.15) is 0 Å². The van der Waals surface area contributed by atoms with E-state index in [0.29, 0.717) is 19.6 Å². The molecule has 0 saturated carbocycles. The molecule has 2 N–H and O–H groups in total. The maximum absolute atomic E-state index is 12.6. The minimum atomic E-state index is -3.58. The molecule has 1 heterocycles. The number of carbonyl (C=O) groups is 2. The van der Waals surface area contributed by atoms with Crippen molar-refractivity contribution >= 4 is 21.7 Å². The van der Waals surface area contributed by atoms with Gasteiger partial charge in [0, 0.05) is 19.8 Å². The van der Waals surface area contributed by atoms with Crippen molar-refractivity contribution in [2.45, 2.75) is 24.1 Å². The quantitative estimate of drug-likeness (QED) is 0.734. The Bertz CT molecular complexity index is 713. The summed E-state index contributed by atoms with van der Waals surface area (Å²) in [6, 6.07) is 9.51. The summed E-state index contributed by atoms with van der Waals surface area (Å²) in [5, 5.41) is 5.59. The van der Waals surface area contributed by atoms with Gasteiger partial charge in [0.15, 0.2) is 14.6 Å². The SMILES string of the molecule is CN(Cc1ccccc1)C(=O)CNC(=O)C1(S(C)(=O)=O)CCNCC1. The molecule has 7 nitrogen and oxygen atoms in total. The van der Waals surface area contributed by atoms with Crippen LogP contribution in [0.2, 0.25) is 0 Å². The lowest BCUT2D eigenvalue weighted by molar-refractivity contribution is -0.133. The number of likely N-dealkylation sites (N-methyl/N-ethyl adjacent to an activating group) is 1. The van der Waals surface area contributed by atoms with Crippen molar-refractivity contribution in [3.8, 4) is 0 Å². The lowest BCUT2D eigenvalue weighted by atomic mass is 9.96. The average molecular weight is 367 g/mol. The molecule has 1 fully saturated rings. The maximum Gasteiger partial charge on any atom is 0.242 e. The van der Waals surface area contributed by atoms with Gasteiger partial charge >= 0.3 is 0 Å². The molecule has 0 unspecified atom stereocenters. The van der Waals surface area contributed by atoms with Crippen molar-refractivity contribution in [2.75, 3.05) is 32.9 Å². The number of rotatable bonds is 6. The van der Waals surface area contributed by atoms with E-state index in [4.69, 9.17) is 0 Å². The van der Waals surface area contributed by atoms with Crippen LogP contribution in [0.5, 0.6) is 0 Å². The van der Waals surface area contributed by atoms with Gasteiger partial charge in [0.05, 0.1) is 6.54 Å². The molecule has 1 aliphatic rings. The smallest absolute Gasteiger partial charge is 0.242 e. The third-order valence-electron chi connectivity index (χ3n) is 4.62. The molecule has 0 bridgehead atoms. The fraction of sp³-hybridized carbons (Fsp3) is 0.529. The van der Waals surface area contributed by atoms with Crippen molar-refractivity contribution < 1.29 is 18.0 Å². The third kappa shape index (κ3) is 4.58. The Balaban J connectivity index is 1.96. The molecule has 1 aromatic carbocycles. The molecule has 0 aliphatic carbocycles. The van der Waals surface area contributed by atoms with Gasteiger partial charge in [-0.2, -0.15) is 0 Å². The van der Waals surface area contributed by atoms with Crippen LogP contribution < -0.4 is 10.6 Å². The molecule has 138 valence electrons. The predicted molar refractivity (Wildman–Crippen MR) is 95.6 cm³/mol. The third-order valence-corrected chi connectivity index (χ3v) is 6.64. The van der Waals surface area contributed by atoms with E-state index in [1.54, 1.807) is 7.05 Å². The molecule has 2 amide bonds. The zero-order valence-corrected chi connectivity index (χ0v) is 15.4. The van der Waals surface area contributed by atoms with Gasteiger partial charge in [-0.15, -0.1) is 0 Å². The van der Waals surface area contributed by atoms with Gasteiger partial charge in [-0.05, 0) is 31.5 Å². The molecule has 8 heteroatoms. The second-order valence-corrected chi connectivity index (χ2v) is 8.76. The molecule has 0 spiro atoms. The van der Waals surface area contributed by atoms with E-state index in [1.165, 1.54) is 4.90 Å². The number of nitrogens with zero attached hydrogens (tertiary/aromatic N) is 1. The van der Waals surface area contributed by atoms with Crippen LogP contribution in [-0.2, 0) is 26.0 Å². The Labute approximate surface area is 148 Å². The topological polar surface area (TPSA) is 95.6 Å². The summed E-state index contributed by atoms with van der Waals surface area (Å²) in [7, 11) is -1.93. The highest BCUT2D eigenvalue weighted by molar-refractivity contribution is 7.92. The summed E-state index contributed by atoms with van der Waals surface area (Å²) >= 11 is 0. The molecule has 0 atom stereocenters. The van der Waals surface area contributed by atoms with Crippen LogP contribution >= 0.6 is 0 Å². The number of benzene rings is 1. The molecule has 1 aliphatic heterocycles. The summed E-state index contributed by atoms with van der Waals surface area (Å²) in [5.74, 6) is -0.854. The molecule has 2 rings (SSSR count). The molecule has 25 heavy (non-hydrogen) atoms. The van der Waals surface area contributed by atoms with Gasteiger partial charge < -0.3 is 15.5 Å². The number of hydrogen-bond acceptors (Lipinski definition) is 5. The van der Waals surface area contributed by atoms with Gasteiger partial charge in [0.2, 0.25) is 11.8 Å². The van der Waals surface area contributed by atoms with Gasteiger partial charge in [-0.25, -0.2) is 8.42 Å². The highest BCUT2D eigenvalue weighted by Gasteiger charge is 2.48. The van der Waals surface area contributed by atoms with Crippen molar-refractivity contribution in [3.63, 3.8) is 0 Å². The monoisotopic (exact) mass is 367 g/mol. The molecule has 1 aromatic rings. The van der Waals surface area contributed by atoms with Crippen LogP contribution in [0.15, 0.2) is 30.3 Å². The highest BCUT2D eigenvalue weighted by atomic mass is 32.2. The van der Waals surface area contributed by atoms with Crippen molar-refractivity contribution in [1.29, 1.82) is 0 Å². The summed E-state index contributed by atoms with van der Waals surface area (Å²) in [5.41, 5.74) is 0.982. The van der Waals surface area contributed by atoms with Gasteiger partial charge in [-0.1, -0.05) is 30.3 Å². The van der Waals surface area contributed by atoms with Crippen molar-refractivity contribution in [1.82, 2.24) is 15.5 Å². The zero-order valence-electron chi connectivity index (χ0n) is 14.6. The Morgan fingerprint density at radius 1 is 1.20 bits per heavy atom. The van der Waals surface area contributed by atoms with E-state index in [0.717, 1.165) is 11.8 Å². The second kappa shape index (κ2) is 7.97. The lowest BCUT2D eigenvalue weighted by Gasteiger charge is -2.34. The van der Waals surface area contributed by atoms with Crippen LogP contribution in [-0.4, -0.2) is 62.8 Å². The number of nitrogens with one attached hydrogen (secondary N) is 2. The standard InChI is InChI=1S/C17H25N3O4S/c1-20(13-14-6-4-3-5-7-14)15(21)12-19-16(22)17(25(2,23)24)8-10-18-11-9-17/h3-7,18H,8-13H2,1-2H3,(H,19,22). The Hall–Kier alpha value is -1.93. The Morgan fingerprint density at radius 3 is 2.36 bits per heavy atom. The minimum Gasteiger partial charge on any atom is -0.346 e. The number of carbonyl (C=O) groups excluding carboxylic acids is 2. The second-order valence-electron chi connectivity index (χ2n) is 6.43. The van der Waals surface area contributed by atoms with Crippen LogP contribution in [0.25, 0.3) is 0 Å². The number of piperidine rings is 1. The minimum absolute atomic E-state index is 0.214. The largest absolute Gasteiger partial charge is 0.346 e. The number of amides is 2. The number of hydrogen-bond donors (Lipinski definition) is 2. The van der Waals surface area contributed by atoms with Gasteiger partial charge in [-0.3, -0.25) is 9.59 Å². The van der Waals surface area contributed by atoms with Crippen LogP contribution in [0, 0.1) is 0 Å². The normalized spacial score (nSPS) is 16.9. The molecular formula is C17H25N3O4S. The summed E-state index contributed by atoms with van der Waals surface area (Å²) in [4.78, 5) is 26.3. The van der Waals surface area contributed by atoms with Gasteiger partial charge in [0.25, 0.3) is 0 Å².